The maximum Gasteiger partial charge on any atom is 0.227 e. The van der Waals surface area contributed by atoms with Gasteiger partial charge in [0.25, 0.3) is 0 Å². The van der Waals surface area contributed by atoms with Crippen LogP contribution < -0.4 is 5.73 Å². The molecule has 3 rings (SSSR count). The Bertz CT molecular complexity index is 771. The highest BCUT2D eigenvalue weighted by molar-refractivity contribution is 9.10. The number of nitrogens with zero attached hydrogens (tertiary/aromatic N) is 1. The fraction of sp³-hybridized carbons (Fsp3) is 0.500. The van der Waals surface area contributed by atoms with Gasteiger partial charge in [0.2, 0.25) is 5.91 Å². The Labute approximate surface area is 144 Å². The fourth-order valence-electron chi connectivity index (χ4n) is 3.56. The SMILES string of the molecule is CC(C)(C)C(C(N)=O)c1cc2c(F)cc(Br)cc2n1C1CCC1. The summed E-state index contributed by atoms with van der Waals surface area (Å²) in [6.07, 6.45) is 3.28. The summed E-state index contributed by atoms with van der Waals surface area (Å²) in [5.74, 6) is -1.08. The van der Waals surface area contributed by atoms with E-state index < -0.39 is 5.92 Å². The number of amides is 1. The van der Waals surface area contributed by atoms with E-state index >= 15 is 0 Å². The number of hydrogen-bond donors (Lipinski definition) is 1. The molecule has 0 bridgehead atoms. The zero-order valence-corrected chi connectivity index (χ0v) is 15.3. The summed E-state index contributed by atoms with van der Waals surface area (Å²) in [6, 6.07) is 5.53. The first-order chi connectivity index (χ1) is 10.7. The Kier molecular flexibility index (Phi) is 4.03. The van der Waals surface area contributed by atoms with Crippen molar-refractivity contribution >= 4 is 32.7 Å². The van der Waals surface area contributed by atoms with Gasteiger partial charge in [-0.25, -0.2) is 4.39 Å². The summed E-state index contributed by atoms with van der Waals surface area (Å²) in [5.41, 5.74) is 7.07. The van der Waals surface area contributed by atoms with Gasteiger partial charge in [-0.2, -0.15) is 0 Å². The molecular weight excluding hydrogens is 359 g/mol. The molecule has 0 radical (unpaired) electrons. The molecule has 0 saturated heterocycles. The van der Waals surface area contributed by atoms with E-state index in [1.165, 1.54) is 6.07 Å². The largest absolute Gasteiger partial charge is 0.369 e. The van der Waals surface area contributed by atoms with Crippen LogP contribution in [0.4, 0.5) is 4.39 Å². The van der Waals surface area contributed by atoms with Crippen LogP contribution in [0.1, 0.15) is 57.7 Å². The minimum atomic E-state index is -0.450. The molecule has 1 aromatic heterocycles. The van der Waals surface area contributed by atoms with Gasteiger partial charge in [-0.05, 0) is 42.9 Å². The number of halogens is 2. The van der Waals surface area contributed by atoms with E-state index in [4.69, 9.17) is 5.73 Å². The third-order valence-electron chi connectivity index (χ3n) is 4.79. The summed E-state index contributed by atoms with van der Waals surface area (Å²) >= 11 is 3.38. The van der Waals surface area contributed by atoms with E-state index in [9.17, 15) is 9.18 Å². The van der Waals surface area contributed by atoms with E-state index in [2.05, 4.69) is 20.5 Å². The lowest BCUT2D eigenvalue weighted by atomic mass is 9.77. The van der Waals surface area contributed by atoms with Gasteiger partial charge in [0.05, 0.1) is 11.4 Å². The van der Waals surface area contributed by atoms with Crippen LogP contribution in [0.15, 0.2) is 22.7 Å². The van der Waals surface area contributed by atoms with Gasteiger partial charge >= 0.3 is 0 Å². The second kappa shape index (κ2) is 5.62. The van der Waals surface area contributed by atoms with E-state index in [1.54, 1.807) is 0 Å². The second-order valence-corrected chi connectivity index (χ2v) is 8.46. The summed E-state index contributed by atoms with van der Waals surface area (Å²) in [6.45, 7) is 5.99. The van der Waals surface area contributed by atoms with Crippen LogP contribution >= 0.6 is 15.9 Å². The van der Waals surface area contributed by atoms with Crippen LogP contribution in [0.2, 0.25) is 0 Å². The number of benzene rings is 1. The number of primary amides is 1. The van der Waals surface area contributed by atoms with Crippen molar-refractivity contribution in [2.24, 2.45) is 11.1 Å². The Morgan fingerprint density at radius 1 is 1.35 bits per heavy atom. The van der Waals surface area contributed by atoms with Gasteiger partial charge in [0.15, 0.2) is 0 Å². The van der Waals surface area contributed by atoms with Crippen molar-refractivity contribution in [2.75, 3.05) is 0 Å². The van der Waals surface area contributed by atoms with E-state index in [0.717, 1.165) is 30.5 Å². The standard InChI is InChI=1S/C18H22BrFN2O/c1-18(2,3)16(17(21)23)15-9-12-13(20)7-10(19)8-14(12)22(15)11-5-4-6-11/h7-9,11,16H,4-6H2,1-3H3,(H2,21,23). The first-order valence-electron chi connectivity index (χ1n) is 7.99. The lowest BCUT2D eigenvalue weighted by molar-refractivity contribution is -0.121. The summed E-state index contributed by atoms with van der Waals surface area (Å²) in [5, 5.41) is 0.561. The van der Waals surface area contributed by atoms with Crippen LogP contribution in [-0.4, -0.2) is 10.5 Å². The quantitative estimate of drug-likeness (QED) is 0.809. The van der Waals surface area contributed by atoms with Crippen LogP contribution in [0, 0.1) is 11.2 Å². The zero-order valence-electron chi connectivity index (χ0n) is 13.7. The molecule has 2 aromatic rings. The second-order valence-electron chi connectivity index (χ2n) is 7.55. The zero-order chi connectivity index (χ0) is 16.9. The van der Waals surface area contributed by atoms with Crippen LogP contribution in [-0.2, 0) is 4.79 Å². The highest BCUT2D eigenvalue weighted by Crippen LogP contribution is 2.44. The number of fused-ring (bicyclic) bond motifs is 1. The average Bonchev–Trinajstić information content (AvgIpc) is 2.65. The molecule has 0 spiro atoms. The van der Waals surface area contributed by atoms with E-state index in [1.807, 2.05) is 32.9 Å². The lowest BCUT2D eigenvalue weighted by Crippen LogP contribution is -2.34. The molecule has 1 aliphatic rings. The minimum absolute atomic E-state index is 0.272. The third kappa shape index (κ3) is 2.80. The minimum Gasteiger partial charge on any atom is -0.369 e. The molecule has 1 amide bonds. The van der Waals surface area contributed by atoms with Crippen molar-refractivity contribution in [3.8, 4) is 0 Å². The first-order valence-corrected chi connectivity index (χ1v) is 8.78. The molecule has 1 saturated carbocycles. The van der Waals surface area contributed by atoms with Gasteiger partial charge in [-0.15, -0.1) is 0 Å². The van der Waals surface area contributed by atoms with Crippen molar-refractivity contribution in [2.45, 2.75) is 52.0 Å². The smallest absolute Gasteiger partial charge is 0.227 e. The Balaban J connectivity index is 2.31. The predicted molar refractivity (Wildman–Crippen MR) is 93.9 cm³/mol. The molecular formula is C18H22BrFN2O. The van der Waals surface area contributed by atoms with Crippen LogP contribution in [0.25, 0.3) is 10.9 Å². The van der Waals surface area contributed by atoms with Gasteiger partial charge in [-0.1, -0.05) is 36.7 Å². The topological polar surface area (TPSA) is 48.0 Å². The highest BCUT2D eigenvalue weighted by atomic mass is 79.9. The molecule has 23 heavy (non-hydrogen) atoms. The lowest BCUT2D eigenvalue weighted by Gasteiger charge is -2.35. The Morgan fingerprint density at radius 3 is 2.48 bits per heavy atom. The molecule has 3 nitrogen and oxygen atoms in total. The molecule has 1 aromatic carbocycles. The van der Waals surface area contributed by atoms with Crippen molar-refractivity contribution in [3.05, 3.63) is 34.2 Å². The summed E-state index contributed by atoms with van der Waals surface area (Å²) in [7, 11) is 0. The number of carbonyl (C=O) groups is 1. The Morgan fingerprint density at radius 2 is 2.00 bits per heavy atom. The summed E-state index contributed by atoms with van der Waals surface area (Å²) in [4.78, 5) is 12.2. The van der Waals surface area contributed by atoms with E-state index in [0.29, 0.717) is 15.9 Å². The predicted octanol–water partition coefficient (Wildman–Crippen LogP) is 4.88. The monoisotopic (exact) mass is 380 g/mol. The average molecular weight is 381 g/mol. The van der Waals surface area contributed by atoms with Gasteiger partial charge in [0, 0.05) is 21.6 Å². The maximum absolute atomic E-state index is 14.4. The summed E-state index contributed by atoms with van der Waals surface area (Å²) < 4.78 is 17.3. The molecule has 0 aliphatic heterocycles. The van der Waals surface area contributed by atoms with Crippen LogP contribution in [0.3, 0.4) is 0 Å². The van der Waals surface area contributed by atoms with Crippen LogP contribution in [0.5, 0.6) is 0 Å². The fourth-order valence-corrected chi connectivity index (χ4v) is 3.98. The molecule has 1 aliphatic carbocycles. The molecule has 1 atom stereocenters. The van der Waals surface area contributed by atoms with Crippen molar-refractivity contribution < 1.29 is 9.18 Å². The number of carbonyl (C=O) groups excluding carboxylic acids is 1. The molecule has 1 fully saturated rings. The van der Waals surface area contributed by atoms with Gasteiger partial charge in [0.1, 0.15) is 5.82 Å². The van der Waals surface area contributed by atoms with E-state index in [-0.39, 0.29) is 17.1 Å². The molecule has 1 heterocycles. The number of nitrogens with two attached hydrogens (primary N) is 1. The number of hydrogen-bond acceptors (Lipinski definition) is 1. The maximum atomic E-state index is 14.4. The number of rotatable bonds is 3. The molecule has 124 valence electrons. The third-order valence-corrected chi connectivity index (χ3v) is 5.25. The highest BCUT2D eigenvalue weighted by Gasteiger charge is 2.36. The van der Waals surface area contributed by atoms with Gasteiger partial charge in [-0.3, -0.25) is 4.79 Å². The van der Waals surface area contributed by atoms with Crippen molar-refractivity contribution in [1.82, 2.24) is 4.57 Å². The molecule has 5 heteroatoms. The molecule has 1 unspecified atom stereocenters. The first kappa shape index (κ1) is 16.5. The molecule has 2 N–H and O–H groups in total. The van der Waals surface area contributed by atoms with Gasteiger partial charge < -0.3 is 10.3 Å². The number of aromatic nitrogens is 1. The normalized spacial score (nSPS) is 17.3. The van der Waals surface area contributed by atoms with Crippen molar-refractivity contribution in [3.63, 3.8) is 0 Å². The Hall–Kier alpha value is -1.36. The van der Waals surface area contributed by atoms with Crippen molar-refractivity contribution in [1.29, 1.82) is 0 Å².